The third kappa shape index (κ3) is 4.20. The summed E-state index contributed by atoms with van der Waals surface area (Å²) in [5, 5.41) is 13.9. The molecule has 0 heterocycles. The van der Waals surface area contributed by atoms with Crippen LogP contribution in [-0.2, 0) is 4.79 Å². The fraction of sp³-hybridized carbons (Fsp3) is 0.188. The lowest BCUT2D eigenvalue weighted by Gasteiger charge is -2.11. The predicted octanol–water partition coefficient (Wildman–Crippen LogP) is 3.88. The van der Waals surface area contributed by atoms with Crippen LogP contribution in [-0.4, -0.2) is 17.4 Å². The third-order valence-corrected chi connectivity index (χ3v) is 3.59. The molecule has 120 valence electrons. The molecule has 6 nitrogen and oxygen atoms in total. The van der Waals surface area contributed by atoms with E-state index in [4.69, 9.17) is 16.3 Å². The van der Waals surface area contributed by atoms with Crippen LogP contribution in [0.25, 0.3) is 0 Å². The Balaban J connectivity index is 2.05. The van der Waals surface area contributed by atoms with Gasteiger partial charge in [0.1, 0.15) is 0 Å². The Morgan fingerprint density at radius 3 is 2.74 bits per heavy atom. The van der Waals surface area contributed by atoms with Crippen molar-refractivity contribution >= 4 is 28.9 Å². The number of ether oxygens (including phenoxy) is 1. The number of carbonyl (C=O) groups excluding carboxylic acids is 1. The quantitative estimate of drug-likeness (QED) is 0.664. The summed E-state index contributed by atoms with van der Waals surface area (Å²) in [4.78, 5) is 22.3. The molecule has 0 aliphatic rings. The van der Waals surface area contributed by atoms with E-state index in [1.807, 2.05) is 26.0 Å². The molecule has 0 unspecified atom stereocenters. The Hall–Kier alpha value is -2.60. The van der Waals surface area contributed by atoms with Gasteiger partial charge in [0.2, 0.25) is 0 Å². The molecular formula is C16H15ClN2O4. The Labute approximate surface area is 138 Å². The first-order chi connectivity index (χ1) is 10.9. The Morgan fingerprint density at radius 1 is 1.30 bits per heavy atom. The minimum atomic E-state index is -0.607. The summed E-state index contributed by atoms with van der Waals surface area (Å²) in [5.74, 6) is -0.404. The molecule has 0 saturated heterocycles. The number of carbonyl (C=O) groups is 1. The number of nitro groups is 1. The second-order valence-corrected chi connectivity index (χ2v) is 5.39. The summed E-state index contributed by atoms with van der Waals surface area (Å²) in [5.41, 5.74) is 2.41. The highest BCUT2D eigenvalue weighted by Crippen LogP contribution is 2.29. The molecule has 1 N–H and O–H groups in total. The average Bonchev–Trinajstić information content (AvgIpc) is 2.50. The van der Waals surface area contributed by atoms with Gasteiger partial charge in [0.05, 0.1) is 4.92 Å². The monoisotopic (exact) mass is 334 g/mol. The van der Waals surface area contributed by atoms with Crippen molar-refractivity contribution in [3.8, 4) is 5.75 Å². The van der Waals surface area contributed by atoms with Gasteiger partial charge in [-0.1, -0.05) is 23.7 Å². The zero-order valence-corrected chi connectivity index (χ0v) is 13.4. The van der Waals surface area contributed by atoms with Crippen LogP contribution in [0.1, 0.15) is 11.1 Å². The molecule has 0 saturated carbocycles. The van der Waals surface area contributed by atoms with Crippen molar-refractivity contribution in [2.24, 2.45) is 0 Å². The summed E-state index contributed by atoms with van der Waals surface area (Å²) in [6.07, 6.45) is 0. The number of amides is 1. The zero-order chi connectivity index (χ0) is 17.0. The molecule has 23 heavy (non-hydrogen) atoms. The molecule has 0 atom stereocenters. The Kier molecular flexibility index (Phi) is 5.18. The molecule has 2 rings (SSSR count). The van der Waals surface area contributed by atoms with Crippen molar-refractivity contribution in [1.29, 1.82) is 0 Å². The maximum absolute atomic E-state index is 12.0. The van der Waals surface area contributed by atoms with Gasteiger partial charge in [-0.2, -0.15) is 0 Å². The Morgan fingerprint density at radius 2 is 2.04 bits per heavy atom. The van der Waals surface area contributed by atoms with Crippen LogP contribution in [0.4, 0.5) is 11.4 Å². The van der Waals surface area contributed by atoms with Crippen LogP contribution in [0.3, 0.4) is 0 Å². The van der Waals surface area contributed by atoms with Crippen molar-refractivity contribution in [2.45, 2.75) is 13.8 Å². The van der Waals surface area contributed by atoms with E-state index in [0.29, 0.717) is 5.69 Å². The lowest BCUT2D eigenvalue weighted by atomic mass is 10.1. The summed E-state index contributed by atoms with van der Waals surface area (Å²) in [7, 11) is 0. The summed E-state index contributed by atoms with van der Waals surface area (Å²) in [6.45, 7) is 3.50. The number of anilines is 1. The molecule has 0 aliphatic heterocycles. The van der Waals surface area contributed by atoms with Gasteiger partial charge < -0.3 is 10.1 Å². The van der Waals surface area contributed by atoms with E-state index in [2.05, 4.69) is 5.32 Å². The molecule has 0 bridgehead atoms. The van der Waals surface area contributed by atoms with Gasteiger partial charge in [0.15, 0.2) is 12.4 Å². The van der Waals surface area contributed by atoms with Crippen LogP contribution in [0.15, 0.2) is 36.4 Å². The SMILES string of the molecule is Cc1cccc(NC(=O)COc2ccc(Cl)cc2[N+](=O)[O-])c1C. The number of benzene rings is 2. The number of hydrogen-bond acceptors (Lipinski definition) is 4. The van der Waals surface area contributed by atoms with Crippen LogP contribution in [0.5, 0.6) is 5.75 Å². The molecule has 0 fully saturated rings. The summed E-state index contributed by atoms with van der Waals surface area (Å²) < 4.78 is 5.25. The van der Waals surface area contributed by atoms with Crippen LogP contribution in [0, 0.1) is 24.0 Å². The molecule has 2 aromatic rings. The maximum atomic E-state index is 12.0. The molecule has 2 aromatic carbocycles. The molecule has 0 radical (unpaired) electrons. The first-order valence-corrected chi connectivity index (χ1v) is 7.19. The van der Waals surface area contributed by atoms with Crippen LogP contribution in [0.2, 0.25) is 5.02 Å². The molecular weight excluding hydrogens is 320 g/mol. The van der Waals surface area contributed by atoms with Gasteiger partial charge >= 0.3 is 5.69 Å². The fourth-order valence-corrected chi connectivity index (χ4v) is 2.14. The fourth-order valence-electron chi connectivity index (χ4n) is 1.97. The van der Waals surface area contributed by atoms with Crippen molar-refractivity contribution in [2.75, 3.05) is 11.9 Å². The van der Waals surface area contributed by atoms with Gasteiger partial charge in [-0.3, -0.25) is 14.9 Å². The number of halogens is 1. The van der Waals surface area contributed by atoms with E-state index in [1.54, 1.807) is 6.07 Å². The number of nitro benzene ring substituents is 1. The largest absolute Gasteiger partial charge is 0.477 e. The second kappa shape index (κ2) is 7.11. The number of hydrogen-bond donors (Lipinski definition) is 1. The highest BCUT2D eigenvalue weighted by atomic mass is 35.5. The van der Waals surface area contributed by atoms with Gasteiger partial charge in [-0.05, 0) is 43.2 Å². The molecule has 0 aliphatic carbocycles. The van der Waals surface area contributed by atoms with E-state index in [1.165, 1.54) is 18.2 Å². The van der Waals surface area contributed by atoms with Crippen molar-refractivity contribution in [3.63, 3.8) is 0 Å². The lowest BCUT2D eigenvalue weighted by molar-refractivity contribution is -0.385. The Bertz CT molecular complexity index is 762. The van der Waals surface area contributed by atoms with Gasteiger partial charge in [-0.25, -0.2) is 0 Å². The van der Waals surface area contributed by atoms with Crippen molar-refractivity contribution < 1.29 is 14.5 Å². The number of nitrogens with one attached hydrogen (secondary N) is 1. The maximum Gasteiger partial charge on any atom is 0.312 e. The van der Waals surface area contributed by atoms with Gasteiger partial charge in [-0.15, -0.1) is 0 Å². The average molecular weight is 335 g/mol. The van der Waals surface area contributed by atoms with Gasteiger partial charge in [0, 0.05) is 16.8 Å². The van der Waals surface area contributed by atoms with Crippen molar-refractivity contribution in [3.05, 3.63) is 62.7 Å². The number of aryl methyl sites for hydroxylation is 1. The molecule has 0 aromatic heterocycles. The minimum Gasteiger partial charge on any atom is -0.477 e. The van der Waals surface area contributed by atoms with E-state index < -0.39 is 10.8 Å². The van der Waals surface area contributed by atoms with Gasteiger partial charge in [0.25, 0.3) is 5.91 Å². The number of nitrogens with zero attached hydrogens (tertiary/aromatic N) is 1. The highest BCUT2D eigenvalue weighted by Gasteiger charge is 2.17. The lowest BCUT2D eigenvalue weighted by Crippen LogP contribution is -2.21. The standard InChI is InChI=1S/C16H15ClN2O4/c1-10-4-3-5-13(11(10)2)18-16(20)9-23-15-7-6-12(17)8-14(15)19(21)22/h3-8H,9H2,1-2H3,(H,18,20). The van der Waals surface area contributed by atoms with E-state index in [0.717, 1.165) is 11.1 Å². The predicted molar refractivity (Wildman–Crippen MR) is 88.1 cm³/mol. The van der Waals surface area contributed by atoms with Crippen molar-refractivity contribution in [1.82, 2.24) is 0 Å². The smallest absolute Gasteiger partial charge is 0.312 e. The van der Waals surface area contributed by atoms with Crippen LogP contribution >= 0.6 is 11.6 Å². The topological polar surface area (TPSA) is 81.5 Å². The molecule has 7 heteroatoms. The normalized spacial score (nSPS) is 10.2. The van der Waals surface area contributed by atoms with E-state index in [9.17, 15) is 14.9 Å². The molecule has 1 amide bonds. The summed E-state index contributed by atoms with van der Waals surface area (Å²) in [6, 6.07) is 9.57. The van der Waals surface area contributed by atoms with E-state index in [-0.39, 0.29) is 23.1 Å². The highest BCUT2D eigenvalue weighted by molar-refractivity contribution is 6.30. The third-order valence-electron chi connectivity index (χ3n) is 3.36. The molecule has 0 spiro atoms. The number of rotatable bonds is 5. The van der Waals surface area contributed by atoms with E-state index >= 15 is 0 Å². The van der Waals surface area contributed by atoms with Crippen LogP contribution < -0.4 is 10.1 Å². The summed E-state index contributed by atoms with van der Waals surface area (Å²) >= 11 is 5.72. The zero-order valence-electron chi connectivity index (χ0n) is 12.6. The second-order valence-electron chi connectivity index (χ2n) is 4.95. The first-order valence-electron chi connectivity index (χ1n) is 6.81. The first kappa shape index (κ1) is 16.8. The minimum absolute atomic E-state index is 0.00415.